The minimum absolute atomic E-state index is 0.0382. The maximum atomic E-state index is 12.3. The van der Waals surface area contributed by atoms with Crippen LogP contribution in [-0.4, -0.2) is 11.6 Å². The Morgan fingerprint density at radius 1 is 0.840 bits per heavy atom. The van der Waals surface area contributed by atoms with Gasteiger partial charge in [-0.25, -0.2) is 0 Å². The SMILES string of the molecule is CCCCCCCCCCCCCC(=O)c1cc(C(C)=O)ccc1N. The Labute approximate surface area is 153 Å². The van der Waals surface area contributed by atoms with Gasteiger partial charge in [0.25, 0.3) is 0 Å². The van der Waals surface area contributed by atoms with Crippen LogP contribution >= 0.6 is 0 Å². The molecule has 2 N–H and O–H groups in total. The van der Waals surface area contributed by atoms with Crippen LogP contribution in [0.25, 0.3) is 0 Å². The number of hydrogen-bond donors (Lipinski definition) is 1. The largest absolute Gasteiger partial charge is 0.398 e. The first-order chi connectivity index (χ1) is 12.1. The van der Waals surface area contributed by atoms with Gasteiger partial charge in [-0.3, -0.25) is 9.59 Å². The Balaban J connectivity index is 2.15. The lowest BCUT2D eigenvalue weighted by Crippen LogP contribution is -2.06. The Bertz CT molecular complexity index is 537. The van der Waals surface area contributed by atoms with Crippen LogP contribution in [0.1, 0.15) is 112 Å². The molecular formula is C22H35NO2. The zero-order valence-electron chi connectivity index (χ0n) is 16.1. The highest BCUT2D eigenvalue weighted by molar-refractivity contribution is 6.04. The molecule has 0 saturated heterocycles. The molecule has 1 aromatic rings. The van der Waals surface area contributed by atoms with Crippen molar-refractivity contribution in [1.29, 1.82) is 0 Å². The van der Waals surface area contributed by atoms with Gasteiger partial charge in [-0.15, -0.1) is 0 Å². The summed E-state index contributed by atoms with van der Waals surface area (Å²) in [4.78, 5) is 23.7. The highest BCUT2D eigenvalue weighted by atomic mass is 16.1. The van der Waals surface area contributed by atoms with E-state index in [1.54, 1.807) is 18.2 Å². The fraction of sp³-hybridized carbons (Fsp3) is 0.636. The minimum Gasteiger partial charge on any atom is -0.398 e. The van der Waals surface area contributed by atoms with Crippen molar-refractivity contribution in [2.75, 3.05) is 5.73 Å². The predicted octanol–water partition coefficient (Wildman–Crippen LogP) is 6.36. The molecule has 0 bridgehead atoms. The number of ketones is 2. The molecule has 0 radical (unpaired) electrons. The monoisotopic (exact) mass is 345 g/mol. The van der Waals surface area contributed by atoms with Crippen molar-refractivity contribution in [3.63, 3.8) is 0 Å². The maximum Gasteiger partial charge on any atom is 0.164 e. The van der Waals surface area contributed by atoms with E-state index in [9.17, 15) is 9.59 Å². The highest BCUT2D eigenvalue weighted by Gasteiger charge is 2.12. The van der Waals surface area contributed by atoms with Crippen molar-refractivity contribution in [2.24, 2.45) is 0 Å². The number of benzene rings is 1. The molecule has 0 aromatic heterocycles. The summed E-state index contributed by atoms with van der Waals surface area (Å²) >= 11 is 0. The summed E-state index contributed by atoms with van der Waals surface area (Å²) < 4.78 is 0. The average molecular weight is 346 g/mol. The number of nitrogen functional groups attached to an aromatic ring is 1. The summed E-state index contributed by atoms with van der Waals surface area (Å²) in [5.41, 5.74) is 7.41. The Kier molecular flexibility index (Phi) is 10.9. The summed E-state index contributed by atoms with van der Waals surface area (Å²) in [6.45, 7) is 3.75. The maximum absolute atomic E-state index is 12.3. The van der Waals surface area contributed by atoms with Gasteiger partial charge in [0.15, 0.2) is 11.6 Å². The number of anilines is 1. The van der Waals surface area contributed by atoms with Crippen LogP contribution in [0, 0.1) is 0 Å². The summed E-state index contributed by atoms with van der Waals surface area (Å²) in [5.74, 6) is 0.0141. The molecule has 0 heterocycles. The molecule has 0 saturated carbocycles. The molecule has 0 aliphatic rings. The molecule has 0 fully saturated rings. The lowest BCUT2D eigenvalue weighted by Gasteiger charge is -2.07. The second-order valence-corrected chi connectivity index (χ2v) is 7.07. The van der Waals surface area contributed by atoms with Gasteiger partial charge >= 0.3 is 0 Å². The third-order valence-electron chi connectivity index (χ3n) is 4.77. The average Bonchev–Trinajstić information content (AvgIpc) is 2.59. The van der Waals surface area contributed by atoms with E-state index in [0.717, 1.165) is 12.8 Å². The molecular weight excluding hydrogens is 310 g/mol. The molecule has 1 rings (SSSR count). The topological polar surface area (TPSA) is 60.2 Å². The minimum atomic E-state index is -0.0382. The van der Waals surface area contributed by atoms with Crippen molar-refractivity contribution < 1.29 is 9.59 Å². The van der Waals surface area contributed by atoms with E-state index in [4.69, 9.17) is 5.73 Å². The van der Waals surface area contributed by atoms with Crippen LogP contribution in [0.3, 0.4) is 0 Å². The molecule has 0 aliphatic carbocycles. The third kappa shape index (κ3) is 8.85. The second kappa shape index (κ2) is 12.7. The van der Waals surface area contributed by atoms with Crippen LogP contribution in [-0.2, 0) is 0 Å². The van der Waals surface area contributed by atoms with Crippen LogP contribution < -0.4 is 5.73 Å². The van der Waals surface area contributed by atoms with Gasteiger partial charge in [0.05, 0.1) is 0 Å². The molecule has 1 aromatic carbocycles. The van der Waals surface area contributed by atoms with E-state index in [-0.39, 0.29) is 11.6 Å². The number of unbranched alkanes of at least 4 members (excludes halogenated alkanes) is 10. The van der Waals surface area contributed by atoms with Gasteiger partial charge in [-0.1, -0.05) is 71.1 Å². The van der Waals surface area contributed by atoms with Crippen LogP contribution in [0.2, 0.25) is 0 Å². The van der Waals surface area contributed by atoms with E-state index in [0.29, 0.717) is 23.2 Å². The Morgan fingerprint density at radius 2 is 1.36 bits per heavy atom. The first kappa shape index (κ1) is 21.4. The fourth-order valence-corrected chi connectivity index (χ4v) is 3.10. The molecule has 0 amide bonds. The smallest absolute Gasteiger partial charge is 0.164 e. The van der Waals surface area contributed by atoms with Gasteiger partial charge in [0.1, 0.15) is 0 Å². The van der Waals surface area contributed by atoms with Crippen LogP contribution in [0.5, 0.6) is 0 Å². The van der Waals surface area contributed by atoms with Crippen molar-refractivity contribution in [1.82, 2.24) is 0 Å². The third-order valence-corrected chi connectivity index (χ3v) is 4.77. The van der Waals surface area contributed by atoms with Gasteiger partial charge in [-0.2, -0.15) is 0 Å². The molecule has 0 aliphatic heterocycles. The molecule has 0 spiro atoms. The number of carbonyl (C=O) groups is 2. The van der Waals surface area contributed by atoms with Crippen molar-refractivity contribution >= 4 is 17.3 Å². The van der Waals surface area contributed by atoms with Gasteiger partial charge in [0.2, 0.25) is 0 Å². The Morgan fingerprint density at radius 3 is 1.88 bits per heavy atom. The highest BCUT2D eigenvalue weighted by Crippen LogP contribution is 2.19. The second-order valence-electron chi connectivity index (χ2n) is 7.07. The van der Waals surface area contributed by atoms with E-state index in [1.165, 1.54) is 64.7 Å². The lowest BCUT2D eigenvalue weighted by atomic mass is 9.99. The summed E-state index contributed by atoms with van der Waals surface area (Å²) in [6, 6.07) is 4.97. The quantitative estimate of drug-likeness (QED) is 0.242. The molecule has 25 heavy (non-hydrogen) atoms. The number of rotatable bonds is 14. The summed E-state index contributed by atoms with van der Waals surface area (Å²) in [6.07, 6.45) is 14.4. The number of Topliss-reactive ketones (excluding diaryl/α,β-unsaturated/α-hetero) is 2. The van der Waals surface area contributed by atoms with E-state index in [2.05, 4.69) is 6.92 Å². The van der Waals surface area contributed by atoms with Crippen molar-refractivity contribution in [3.8, 4) is 0 Å². The standard InChI is InChI=1S/C22H35NO2/c1-3-4-5-6-7-8-9-10-11-12-13-14-22(25)20-17-19(18(2)24)15-16-21(20)23/h15-17H,3-14,23H2,1-2H3. The Hall–Kier alpha value is -1.64. The summed E-state index contributed by atoms with van der Waals surface area (Å²) in [5, 5.41) is 0. The van der Waals surface area contributed by atoms with E-state index < -0.39 is 0 Å². The van der Waals surface area contributed by atoms with Crippen molar-refractivity contribution in [2.45, 2.75) is 90.9 Å². The fourth-order valence-electron chi connectivity index (χ4n) is 3.10. The summed E-state index contributed by atoms with van der Waals surface area (Å²) in [7, 11) is 0. The molecule has 0 unspecified atom stereocenters. The van der Waals surface area contributed by atoms with Gasteiger partial charge < -0.3 is 5.73 Å². The van der Waals surface area contributed by atoms with Gasteiger partial charge in [-0.05, 0) is 31.5 Å². The first-order valence-corrected chi connectivity index (χ1v) is 10.00. The normalized spacial score (nSPS) is 10.8. The van der Waals surface area contributed by atoms with Crippen molar-refractivity contribution in [3.05, 3.63) is 29.3 Å². The number of nitrogens with two attached hydrogens (primary N) is 1. The van der Waals surface area contributed by atoms with E-state index in [1.807, 2.05) is 0 Å². The first-order valence-electron chi connectivity index (χ1n) is 10.00. The molecule has 140 valence electrons. The molecule has 0 atom stereocenters. The zero-order chi connectivity index (χ0) is 18.5. The molecule has 3 nitrogen and oxygen atoms in total. The van der Waals surface area contributed by atoms with Gasteiger partial charge in [0, 0.05) is 23.2 Å². The van der Waals surface area contributed by atoms with Crippen LogP contribution in [0.4, 0.5) is 5.69 Å². The van der Waals surface area contributed by atoms with E-state index >= 15 is 0 Å². The zero-order valence-corrected chi connectivity index (χ0v) is 16.1. The van der Waals surface area contributed by atoms with Crippen LogP contribution in [0.15, 0.2) is 18.2 Å². The lowest BCUT2D eigenvalue weighted by molar-refractivity contribution is 0.0980. The molecule has 3 heteroatoms. The predicted molar refractivity (Wildman–Crippen MR) is 106 cm³/mol. The number of hydrogen-bond acceptors (Lipinski definition) is 3. The number of carbonyl (C=O) groups excluding carboxylic acids is 2.